The average Bonchev–Trinajstić information content (AvgIpc) is 3.07. The Kier molecular flexibility index (Phi) is 7.26. The van der Waals surface area contributed by atoms with Gasteiger partial charge in [-0.15, -0.1) is 0 Å². The Morgan fingerprint density at radius 3 is 2.58 bits per heavy atom. The Hall–Kier alpha value is -2.13. The van der Waals surface area contributed by atoms with Crippen LogP contribution in [0, 0.1) is 6.92 Å². The molecule has 6 N–H and O–H groups in total. The van der Waals surface area contributed by atoms with Crippen LogP contribution < -0.4 is 16.6 Å². The third kappa shape index (κ3) is 5.20. The monoisotopic (exact) mass is 445 g/mol. The predicted molar refractivity (Wildman–Crippen MR) is 102 cm³/mol. The highest BCUT2D eigenvalue weighted by Crippen LogP contribution is 2.29. The fourth-order valence-electron chi connectivity index (χ4n) is 3.49. The van der Waals surface area contributed by atoms with Gasteiger partial charge in [-0.25, -0.2) is 4.79 Å². The number of amides is 1. The van der Waals surface area contributed by atoms with Crippen LogP contribution in [0.15, 0.2) is 15.8 Å². The smallest absolute Gasteiger partial charge is 0.330 e. The number of hydrogen-bond acceptors (Lipinski definition) is 10. The largest absolute Gasteiger partial charge is 0.390 e. The number of carbonyl (C=O) groups excluding carboxylic acids is 1. The second kappa shape index (κ2) is 9.56. The highest BCUT2D eigenvalue weighted by Gasteiger charge is 2.45. The molecule has 2 aliphatic heterocycles. The first kappa shape index (κ1) is 23.5. The van der Waals surface area contributed by atoms with Gasteiger partial charge in [0.2, 0.25) is 5.91 Å². The van der Waals surface area contributed by atoms with Crippen molar-refractivity contribution in [3.8, 4) is 0 Å². The van der Waals surface area contributed by atoms with E-state index in [0.717, 1.165) is 4.57 Å². The molecular formula is C18H27N3O10. The number of aliphatic hydroxyl groups excluding tert-OH is 4. The van der Waals surface area contributed by atoms with Crippen LogP contribution in [-0.4, -0.2) is 91.9 Å². The lowest BCUT2D eigenvalue weighted by Crippen LogP contribution is -2.60. The molecule has 2 aliphatic rings. The normalized spacial score (nSPS) is 35.8. The van der Waals surface area contributed by atoms with E-state index in [2.05, 4.69) is 10.3 Å². The van der Waals surface area contributed by atoms with Crippen molar-refractivity contribution in [2.45, 2.75) is 69.4 Å². The van der Waals surface area contributed by atoms with Crippen molar-refractivity contribution in [1.82, 2.24) is 14.9 Å². The molecule has 0 bridgehead atoms. The van der Waals surface area contributed by atoms with Crippen LogP contribution >= 0.6 is 0 Å². The Bertz CT molecular complexity index is 901. The van der Waals surface area contributed by atoms with Crippen LogP contribution in [0.4, 0.5) is 0 Å². The molecule has 174 valence electrons. The predicted octanol–water partition coefficient (Wildman–Crippen LogP) is -3.55. The van der Waals surface area contributed by atoms with E-state index in [4.69, 9.17) is 14.2 Å². The zero-order valence-electron chi connectivity index (χ0n) is 17.0. The van der Waals surface area contributed by atoms with Crippen LogP contribution in [-0.2, 0) is 19.0 Å². The van der Waals surface area contributed by atoms with E-state index in [-0.39, 0.29) is 25.5 Å². The molecule has 0 saturated carbocycles. The van der Waals surface area contributed by atoms with Gasteiger partial charge in [0.25, 0.3) is 5.56 Å². The SMILES string of the molecule is CC(=O)NC[C@H]1O[C@@H](OC[C@H]2O[C@@H](n3cc(C)c(=O)[nH]c3=O)CC2O)[C@H](O)[C@@H](O)[C@@H]1O. The molecule has 3 rings (SSSR count). The summed E-state index contributed by atoms with van der Waals surface area (Å²) in [6.45, 7) is 2.43. The number of hydrogen-bond donors (Lipinski definition) is 6. The number of nitrogens with zero attached hydrogens (tertiary/aromatic N) is 1. The van der Waals surface area contributed by atoms with Gasteiger partial charge in [-0.2, -0.15) is 0 Å². The van der Waals surface area contributed by atoms with Gasteiger partial charge in [0.1, 0.15) is 36.7 Å². The number of rotatable bonds is 6. The summed E-state index contributed by atoms with van der Waals surface area (Å²) in [5.74, 6) is -0.366. The maximum atomic E-state index is 12.0. The molecule has 8 atom stereocenters. The Labute approximate surface area is 176 Å². The summed E-state index contributed by atoms with van der Waals surface area (Å²) in [4.78, 5) is 36.8. The van der Waals surface area contributed by atoms with E-state index >= 15 is 0 Å². The van der Waals surface area contributed by atoms with Crippen LogP contribution in [0.5, 0.6) is 0 Å². The van der Waals surface area contributed by atoms with E-state index in [9.17, 15) is 34.8 Å². The molecule has 13 heteroatoms. The van der Waals surface area contributed by atoms with Crippen molar-refractivity contribution in [2.24, 2.45) is 0 Å². The molecule has 31 heavy (non-hydrogen) atoms. The lowest BCUT2D eigenvalue weighted by molar-refractivity contribution is -0.300. The molecule has 1 amide bonds. The number of aryl methyl sites for hydroxylation is 1. The lowest BCUT2D eigenvalue weighted by Gasteiger charge is -2.40. The third-order valence-corrected chi connectivity index (χ3v) is 5.31. The molecule has 13 nitrogen and oxygen atoms in total. The number of ether oxygens (including phenoxy) is 3. The fourth-order valence-corrected chi connectivity index (χ4v) is 3.49. The quantitative estimate of drug-likeness (QED) is 0.255. The molecule has 1 unspecified atom stereocenters. The number of H-pyrrole nitrogens is 1. The second-order valence-corrected chi connectivity index (χ2v) is 7.70. The first-order valence-electron chi connectivity index (χ1n) is 9.79. The van der Waals surface area contributed by atoms with Gasteiger partial charge in [-0.1, -0.05) is 0 Å². The van der Waals surface area contributed by atoms with Gasteiger partial charge >= 0.3 is 5.69 Å². The molecule has 2 fully saturated rings. The second-order valence-electron chi connectivity index (χ2n) is 7.70. The van der Waals surface area contributed by atoms with Crippen molar-refractivity contribution in [1.29, 1.82) is 0 Å². The minimum atomic E-state index is -1.58. The minimum absolute atomic E-state index is 0.0555. The number of aromatic amines is 1. The molecule has 0 aromatic carbocycles. The molecule has 1 aromatic rings. The number of nitrogens with one attached hydrogen (secondary N) is 2. The number of carbonyl (C=O) groups is 1. The van der Waals surface area contributed by atoms with Gasteiger partial charge in [0, 0.05) is 31.6 Å². The lowest BCUT2D eigenvalue weighted by atomic mass is 9.99. The summed E-state index contributed by atoms with van der Waals surface area (Å²) >= 11 is 0. The topological polar surface area (TPSA) is 193 Å². The van der Waals surface area contributed by atoms with Gasteiger partial charge < -0.3 is 40.0 Å². The molecule has 0 spiro atoms. The van der Waals surface area contributed by atoms with Crippen molar-refractivity contribution in [3.63, 3.8) is 0 Å². The van der Waals surface area contributed by atoms with Crippen molar-refractivity contribution in [3.05, 3.63) is 32.6 Å². The van der Waals surface area contributed by atoms with E-state index < -0.39 is 60.4 Å². The molecule has 1 aromatic heterocycles. The summed E-state index contributed by atoms with van der Waals surface area (Å²) in [5, 5.41) is 42.9. The summed E-state index contributed by atoms with van der Waals surface area (Å²) in [5.41, 5.74) is -0.898. The molecule has 3 heterocycles. The average molecular weight is 445 g/mol. The number of aliphatic hydroxyl groups is 4. The zero-order chi connectivity index (χ0) is 22.9. The van der Waals surface area contributed by atoms with Crippen molar-refractivity contribution < 1.29 is 39.4 Å². The van der Waals surface area contributed by atoms with Gasteiger partial charge in [0.05, 0.1) is 12.7 Å². The van der Waals surface area contributed by atoms with Crippen LogP contribution in [0.25, 0.3) is 0 Å². The minimum Gasteiger partial charge on any atom is -0.390 e. The maximum Gasteiger partial charge on any atom is 0.330 e. The first-order valence-corrected chi connectivity index (χ1v) is 9.79. The number of aromatic nitrogens is 2. The third-order valence-electron chi connectivity index (χ3n) is 5.31. The van der Waals surface area contributed by atoms with Crippen LogP contribution in [0.2, 0.25) is 0 Å². The first-order chi connectivity index (χ1) is 14.6. The summed E-state index contributed by atoms with van der Waals surface area (Å²) in [7, 11) is 0. The van der Waals surface area contributed by atoms with E-state index in [1.54, 1.807) is 0 Å². The molecule has 0 aliphatic carbocycles. The van der Waals surface area contributed by atoms with Crippen molar-refractivity contribution in [2.75, 3.05) is 13.2 Å². The van der Waals surface area contributed by atoms with E-state index in [1.165, 1.54) is 20.0 Å². The van der Waals surface area contributed by atoms with Crippen molar-refractivity contribution >= 4 is 5.91 Å². The molecule has 2 saturated heterocycles. The zero-order valence-corrected chi connectivity index (χ0v) is 17.0. The van der Waals surface area contributed by atoms with Gasteiger partial charge in [-0.3, -0.25) is 19.1 Å². The highest BCUT2D eigenvalue weighted by atomic mass is 16.7. The highest BCUT2D eigenvalue weighted by molar-refractivity contribution is 5.72. The van der Waals surface area contributed by atoms with Crippen LogP contribution in [0.1, 0.15) is 25.1 Å². The molecular weight excluding hydrogens is 418 g/mol. The summed E-state index contributed by atoms with van der Waals surface area (Å²) < 4.78 is 17.8. The molecule has 0 radical (unpaired) electrons. The summed E-state index contributed by atoms with van der Waals surface area (Å²) in [6, 6.07) is 0. The van der Waals surface area contributed by atoms with Gasteiger partial charge in [0.15, 0.2) is 6.29 Å². The Morgan fingerprint density at radius 1 is 1.19 bits per heavy atom. The summed E-state index contributed by atoms with van der Waals surface area (Å²) in [6.07, 6.45) is -8.36. The van der Waals surface area contributed by atoms with E-state index in [1.807, 2.05) is 0 Å². The van der Waals surface area contributed by atoms with Gasteiger partial charge in [-0.05, 0) is 6.92 Å². The Balaban J connectivity index is 1.62. The standard InChI is InChI=1S/C18H27N3O10/c1-7-5-21(18(28)20-16(7)27)12-3-9(23)11(30-12)6-29-17-15(26)14(25)13(24)10(31-17)4-19-8(2)22/h5,9-15,17,23-26H,3-4,6H2,1-2H3,(H,19,22)(H,20,27,28)/t9?,10-,11-,12-,13-,14+,15-,17-/m1/s1. The van der Waals surface area contributed by atoms with Crippen LogP contribution in [0.3, 0.4) is 0 Å². The maximum absolute atomic E-state index is 12.0. The Morgan fingerprint density at radius 2 is 1.90 bits per heavy atom. The fraction of sp³-hybridized carbons (Fsp3) is 0.722. The van der Waals surface area contributed by atoms with E-state index in [0.29, 0.717) is 5.56 Å².